The van der Waals surface area contributed by atoms with Gasteiger partial charge in [-0.2, -0.15) is 5.26 Å². The number of aromatic amines is 1. The van der Waals surface area contributed by atoms with E-state index >= 15 is 0 Å². The van der Waals surface area contributed by atoms with Crippen LogP contribution in [0, 0.1) is 11.3 Å². The van der Waals surface area contributed by atoms with Gasteiger partial charge >= 0.3 is 0 Å². The van der Waals surface area contributed by atoms with Crippen LogP contribution in [0.3, 0.4) is 0 Å². The van der Waals surface area contributed by atoms with Gasteiger partial charge in [-0.15, -0.1) is 11.8 Å². The number of hydrogen-bond acceptors (Lipinski definition) is 4. The highest BCUT2D eigenvalue weighted by Crippen LogP contribution is 2.21. The van der Waals surface area contributed by atoms with Crippen LogP contribution in [0.2, 0.25) is 5.02 Å². The summed E-state index contributed by atoms with van der Waals surface area (Å²) in [5.41, 5.74) is 0.168. The number of halogens is 1. The summed E-state index contributed by atoms with van der Waals surface area (Å²) in [6.07, 6.45) is 1.75. The molecular weight excluding hydrogens is 296 g/mol. The molecule has 2 aromatic rings. The zero-order valence-corrected chi connectivity index (χ0v) is 12.0. The molecule has 0 aliphatic rings. The minimum absolute atomic E-state index is 0.0832. The smallest absolute Gasteiger partial charge is 0.266 e. The molecule has 0 aliphatic carbocycles. The fraction of sp³-hybridized carbons (Fsp3) is 0.0714. The van der Waals surface area contributed by atoms with Crippen LogP contribution >= 0.6 is 23.4 Å². The Kier molecular flexibility index (Phi) is 4.28. The molecule has 0 saturated heterocycles. The molecule has 0 unspecified atom stereocenters. The molecule has 1 heterocycles. The number of pyridine rings is 1. The van der Waals surface area contributed by atoms with Crippen molar-refractivity contribution < 1.29 is 4.79 Å². The first-order chi connectivity index (χ1) is 9.56. The third-order valence-electron chi connectivity index (χ3n) is 2.68. The van der Waals surface area contributed by atoms with Crippen molar-refractivity contribution in [3.05, 3.63) is 62.4 Å². The van der Waals surface area contributed by atoms with Crippen molar-refractivity contribution in [3.8, 4) is 6.07 Å². The normalized spacial score (nSPS) is 10.1. The molecule has 20 heavy (non-hydrogen) atoms. The van der Waals surface area contributed by atoms with Crippen molar-refractivity contribution in [2.75, 3.05) is 6.26 Å². The summed E-state index contributed by atoms with van der Waals surface area (Å²) in [6, 6.07) is 9.53. The molecule has 1 aromatic carbocycles. The van der Waals surface area contributed by atoms with Gasteiger partial charge in [0.15, 0.2) is 5.78 Å². The Hall–Kier alpha value is -2.03. The number of nitriles is 1. The van der Waals surface area contributed by atoms with E-state index in [1.165, 1.54) is 17.8 Å². The van der Waals surface area contributed by atoms with Crippen LogP contribution in [-0.4, -0.2) is 17.0 Å². The number of hydrogen-bond donors (Lipinski definition) is 1. The minimum Gasteiger partial charge on any atom is -0.315 e. The predicted molar refractivity (Wildman–Crippen MR) is 78.4 cm³/mol. The molecule has 0 radical (unpaired) electrons. The van der Waals surface area contributed by atoms with Crippen LogP contribution in [0.15, 0.2) is 40.2 Å². The van der Waals surface area contributed by atoms with Crippen LogP contribution in [0.25, 0.3) is 0 Å². The van der Waals surface area contributed by atoms with Gasteiger partial charge in [-0.25, -0.2) is 0 Å². The van der Waals surface area contributed by atoms with Crippen molar-refractivity contribution in [2.45, 2.75) is 5.03 Å². The lowest BCUT2D eigenvalue weighted by atomic mass is 10.0. The fourth-order valence-electron chi connectivity index (χ4n) is 1.68. The minimum atomic E-state index is -0.496. The number of H-pyrrole nitrogens is 1. The van der Waals surface area contributed by atoms with Gasteiger partial charge in [-0.05, 0) is 36.6 Å². The molecule has 6 heteroatoms. The molecule has 0 bridgehead atoms. The topological polar surface area (TPSA) is 73.7 Å². The van der Waals surface area contributed by atoms with Crippen LogP contribution in [0.1, 0.15) is 21.5 Å². The number of carbonyl (C=O) groups is 1. The van der Waals surface area contributed by atoms with Gasteiger partial charge in [0.1, 0.15) is 11.6 Å². The highest BCUT2D eigenvalue weighted by molar-refractivity contribution is 7.98. The van der Waals surface area contributed by atoms with Gasteiger partial charge in [0.05, 0.1) is 10.6 Å². The first-order valence-electron chi connectivity index (χ1n) is 5.58. The van der Waals surface area contributed by atoms with E-state index in [0.29, 0.717) is 21.2 Å². The van der Waals surface area contributed by atoms with E-state index in [0.717, 1.165) is 0 Å². The molecule has 2 rings (SSSR count). The number of nitrogens with one attached hydrogen (secondary N) is 1. The third kappa shape index (κ3) is 2.77. The second kappa shape index (κ2) is 5.95. The van der Waals surface area contributed by atoms with Gasteiger partial charge in [-0.3, -0.25) is 9.59 Å². The summed E-state index contributed by atoms with van der Waals surface area (Å²) < 4.78 is 0. The highest BCUT2D eigenvalue weighted by atomic mass is 35.5. The van der Waals surface area contributed by atoms with E-state index in [2.05, 4.69) is 4.98 Å². The van der Waals surface area contributed by atoms with Crippen molar-refractivity contribution in [3.63, 3.8) is 0 Å². The Bertz CT molecular complexity index is 760. The van der Waals surface area contributed by atoms with Crippen LogP contribution in [0.5, 0.6) is 0 Å². The number of carbonyl (C=O) groups excluding carboxylic acids is 1. The first-order valence-corrected chi connectivity index (χ1v) is 7.18. The van der Waals surface area contributed by atoms with Gasteiger partial charge in [-0.1, -0.05) is 11.6 Å². The Morgan fingerprint density at radius 3 is 2.55 bits per heavy atom. The lowest BCUT2D eigenvalue weighted by molar-refractivity contribution is 0.103. The Labute approximate surface area is 124 Å². The Morgan fingerprint density at radius 1 is 1.35 bits per heavy atom. The summed E-state index contributed by atoms with van der Waals surface area (Å²) in [5, 5.41) is 9.86. The highest BCUT2D eigenvalue weighted by Gasteiger charge is 2.16. The molecule has 4 nitrogen and oxygen atoms in total. The lowest BCUT2D eigenvalue weighted by Gasteiger charge is -2.07. The number of nitrogens with zero attached hydrogens (tertiary/aromatic N) is 1. The quantitative estimate of drug-likeness (QED) is 0.699. The number of benzene rings is 1. The van der Waals surface area contributed by atoms with Crippen molar-refractivity contribution >= 4 is 29.1 Å². The standard InChI is InChI=1S/C14H9ClN2O2S/c1-20-14-11(6-9(7-16)13(19)17-14)12(18)8-2-4-10(15)5-3-8/h2-6H,1H3,(H,17,19). The monoisotopic (exact) mass is 304 g/mol. The van der Waals surface area contributed by atoms with Crippen LogP contribution in [0.4, 0.5) is 0 Å². The largest absolute Gasteiger partial charge is 0.315 e. The SMILES string of the molecule is CSc1[nH]c(=O)c(C#N)cc1C(=O)c1ccc(Cl)cc1. The van der Waals surface area contributed by atoms with E-state index < -0.39 is 5.56 Å². The Morgan fingerprint density at radius 2 is 2.00 bits per heavy atom. The molecule has 1 N–H and O–H groups in total. The summed E-state index contributed by atoms with van der Waals surface area (Å²) in [5.74, 6) is -0.265. The summed E-state index contributed by atoms with van der Waals surface area (Å²) >= 11 is 7.03. The molecule has 0 aliphatic heterocycles. The first kappa shape index (κ1) is 14.4. The van der Waals surface area contributed by atoms with E-state index in [9.17, 15) is 9.59 Å². The molecule has 0 spiro atoms. The molecule has 0 fully saturated rings. The average Bonchev–Trinajstić information content (AvgIpc) is 2.47. The number of rotatable bonds is 3. The second-order valence-electron chi connectivity index (χ2n) is 3.91. The predicted octanol–water partition coefficient (Wildman–Crippen LogP) is 2.85. The van der Waals surface area contributed by atoms with Crippen molar-refractivity contribution in [2.24, 2.45) is 0 Å². The average molecular weight is 305 g/mol. The maximum Gasteiger partial charge on any atom is 0.266 e. The molecule has 0 saturated carbocycles. The van der Waals surface area contributed by atoms with Crippen LogP contribution in [-0.2, 0) is 0 Å². The number of aromatic nitrogens is 1. The van der Waals surface area contributed by atoms with Crippen molar-refractivity contribution in [1.29, 1.82) is 5.26 Å². The molecule has 1 aromatic heterocycles. The van der Waals surface area contributed by atoms with E-state index in [1.807, 2.05) is 0 Å². The lowest BCUT2D eigenvalue weighted by Crippen LogP contribution is -2.15. The van der Waals surface area contributed by atoms with E-state index in [-0.39, 0.29) is 11.3 Å². The third-order valence-corrected chi connectivity index (χ3v) is 3.66. The maximum absolute atomic E-state index is 12.4. The summed E-state index contributed by atoms with van der Waals surface area (Å²) in [4.78, 5) is 26.5. The Balaban J connectivity index is 2.56. The van der Waals surface area contributed by atoms with Crippen LogP contribution < -0.4 is 5.56 Å². The van der Waals surface area contributed by atoms with E-state index in [1.54, 1.807) is 36.6 Å². The second-order valence-corrected chi connectivity index (χ2v) is 5.16. The van der Waals surface area contributed by atoms with Crippen molar-refractivity contribution in [1.82, 2.24) is 4.98 Å². The van der Waals surface area contributed by atoms with Gasteiger partial charge < -0.3 is 4.98 Å². The zero-order chi connectivity index (χ0) is 14.7. The maximum atomic E-state index is 12.4. The molecular formula is C14H9ClN2O2S. The van der Waals surface area contributed by atoms with E-state index in [4.69, 9.17) is 16.9 Å². The molecule has 0 amide bonds. The van der Waals surface area contributed by atoms with Gasteiger partial charge in [0, 0.05) is 10.6 Å². The van der Waals surface area contributed by atoms with Gasteiger partial charge in [0.25, 0.3) is 5.56 Å². The molecule has 100 valence electrons. The zero-order valence-electron chi connectivity index (χ0n) is 10.4. The number of thioether (sulfide) groups is 1. The summed E-state index contributed by atoms with van der Waals surface area (Å²) in [7, 11) is 0. The van der Waals surface area contributed by atoms with Gasteiger partial charge in [0.2, 0.25) is 0 Å². The number of ketones is 1. The molecule has 0 atom stereocenters. The fourth-order valence-corrected chi connectivity index (χ4v) is 2.37. The summed E-state index contributed by atoms with van der Waals surface area (Å²) in [6.45, 7) is 0.